The first-order chi connectivity index (χ1) is 14.4. The minimum Gasteiger partial charge on any atom is -0.495 e. The van der Waals surface area contributed by atoms with Gasteiger partial charge in [-0.1, -0.05) is 18.2 Å². The summed E-state index contributed by atoms with van der Waals surface area (Å²) in [5.74, 6) is 0.599. The fraction of sp³-hybridized carbons (Fsp3) is 0.190. The number of imide groups is 1. The summed E-state index contributed by atoms with van der Waals surface area (Å²) < 4.78 is 16.1. The molecule has 0 atom stereocenters. The standard InChI is InChI=1S/C21H20N2O6S/c1-23-20(25)18(30-21(23)26)11-13-8-9-16(17(10-13)28-3)29-12-19(24)22-14-6-4-5-7-15(14)27-2/h4-11H,12H2,1-3H3,(H,22,24)/b18-11-. The number of amides is 3. The number of carbonyl (C=O) groups is 3. The summed E-state index contributed by atoms with van der Waals surface area (Å²) in [6.45, 7) is -0.234. The molecule has 1 N–H and O–H groups in total. The van der Waals surface area contributed by atoms with Gasteiger partial charge in [0.2, 0.25) is 0 Å². The summed E-state index contributed by atoms with van der Waals surface area (Å²) in [4.78, 5) is 37.3. The Morgan fingerprint density at radius 3 is 2.47 bits per heavy atom. The molecule has 0 radical (unpaired) electrons. The van der Waals surface area contributed by atoms with Gasteiger partial charge < -0.3 is 19.5 Å². The minimum atomic E-state index is -0.359. The van der Waals surface area contributed by atoms with Gasteiger partial charge >= 0.3 is 0 Å². The van der Waals surface area contributed by atoms with Crippen molar-refractivity contribution < 1.29 is 28.6 Å². The molecular formula is C21H20N2O6S. The Bertz CT molecular complexity index is 1020. The molecule has 0 aromatic heterocycles. The van der Waals surface area contributed by atoms with E-state index in [1.165, 1.54) is 21.3 Å². The topological polar surface area (TPSA) is 94.2 Å². The number of methoxy groups -OCH3 is 2. The van der Waals surface area contributed by atoms with Gasteiger partial charge in [-0.15, -0.1) is 0 Å². The number of nitrogens with zero attached hydrogens (tertiary/aromatic N) is 1. The summed E-state index contributed by atoms with van der Waals surface area (Å²) in [6.07, 6.45) is 1.61. The molecule has 8 nitrogen and oxygen atoms in total. The molecule has 30 heavy (non-hydrogen) atoms. The van der Waals surface area contributed by atoms with Crippen LogP contribution in [0.5, 0.6) is 17.2 Å². The molecule has 3 amide bonds. The predicted octanol–water partition coefficient (Wildman–Crippen LogP) is 3.39. The Kier molecular flexibility index (Phi) is 6.63. The fourth-order valence-electron chi connectivity index (χ4n) is 2.67. The van der Waals surface area contributed by atoms with E-state index in [9.17, 15) is 14.4 Å². The lowest BCUT2D eigenvalue weighted by molar-refractivity contribution is -0.121. The maximum Gasteiger partial charge on any atom is 0.293 e. The van der Waals surface area contributed by atoms with Gasteiger partial charge in [0.15, 0.2) is 18.1 Å². The first-order valence-corrected chi connectivity index (χ1v) is 9.70. The number of benzene rings is 2. The van der Waals surface area contributed by atoms with Gasteiger partial charge in [-0.05, 0) is 47.7 Å². The largest absolute Gasteiger partial charge is 0.495 e. The van der Waals surface area contributed by atoms with Crippen molar-refractivity contribution in [2.45, 2.75) is 0 Å². The monoisotopic (exact) mass is 428 g/mol. The molecule has 1 aliphatic heterocycles. The number of ether oxygens (including phenoxy) is 3. The van der Waals surface area contributed by atoms with Crippen molar-refractivity contribution in [3.8, 4) is 17.2 Å². The zero-order valence-corrected chi connectivity index (χ0v) is 17.4. The molecule has 1 aliphatic rings. The molecule has 156 valence electrons. The normalized spacial score (nSPS) is 14.8. The van der Waals surface area contributed by atoms with Crippen LogP contribution in [0.15, 0.2) is 47.4 Å². The zero-order chi connectivity index (χ0) is 21.7. The number of carbonyl (C=O) groups excluding carboxylic acids is 3. The second-order valence-corrected chi connectivity index (χ2v) is 7.18. The lowest BCUT2D eigenvalue weighted by Crippen LogP contribution is -2.22. The average Bonchev–Trinajstić information content (AvgIpc) is 2.99. The molecule has 1 saturated heterocycles. The van der Waals surface area contributed by atoms with Crippen molar-refractivity contribution in [1.29, 1.82) is 0 Å². The summed E-state index contributed by atoms with van der Waals surface area (Å²) >= 11 is 0.876. The summed E-state index contributed by atoms with van der Waals surface area (Å²) in [7, 11) is 4.43. The number of hydrogen-bond donors (Lipinski definition) is 1. The third-order valence-corrected chi connectivity index (χ3v) is 5.17. The van der Waals surface area contributed by atoms with E-state index in [1.807, 2.05) is 0 Å². The fourth-order valence-corrected chi connectivity index (χ4v) is 3.49. The van der Waals surface area contributed by atoms with E-state index in [0.717, 1.165) is 16.7 Å². The molecule has 2 aromatic carbocycles. The lowest BCUT2D eigenvalue weighted by Gasteiger charge is -2.13. The van der Waals surface area contributed by atoms with Crippen LogP contribution in [0.1, 0.15) is 5.56 Å². The smallest absolute Gasteiger partial charge is 0.293 e. The number of hydrogen-bond acceptors (Lipinski definition) is 7. The van der Waals surface area contributed by atoms with Crippen molar-refractivity contribution in [3.05, 3.63) is 52.9 Å². The number of nitrogens with one attached hydrogen (secondary N) is 1. The molecule has 1 fully saturated rings. The van der Waals surface area contributed by atoms with E-state index < -0.39 is 0 Å². The number of thioether (sulfide) groups is 1. The van der Waals surface area contributed by atoms with Crippen LogP contribution in [0.4, 0.5) is 10.5 Å². The molecule has 0 bridgehead atoms. The Labute approximate surface area is 177 Å². The lowest BCUT2D eigenvalue weighted by atomic mass is 10.2. The van der Waals surface area contributed by atoms with Gasteiger partial charge in [0.25, 0.3) is 17.1 Å². The van der Waals surface area contributed by atoms with Crippen molar-refractivity contribution in [1.82, 2.24) is 4.90 Å². The van der Waals surface area contributed by atoms with E-state index >= 15 is 0 Å². The highest BCUT2D eigenvalue weighted by Gasteiger charge is 2.31. The molecule has 1 heterocycles. The maximum absolute atomic E-state index is 12.2. The van der Waals surface area contributed by atoms with Crippen LogP contribution < -0.4 is 19.5 Å². The Balaban J connectivity index is 1.68. The third kappa shape index (κ3) is 4.74. The van der Waals surface area contributed by atoms with Crippen LogP contribution in [0, 0.1) is 0 Å². The zero-order valence-electron chi connectivity index (χ0n) is 16.6. The van der Waals surface area contributed by atoms with E-state index in [0.29, 0.717) is 33.4 Å². The molecule has 2 aromatic rings. The van der Waals surface area contributed by atoms with E-state index in [2.05, 4.69) is 5.32 Å². The van der Waals surface area contributed by atoms with Gasteiger partial charge in [0.05, 0.1) is 24.8 Å². The van der Waals surface area contributed by atoms with Crippen molar-refractivity contribution in [2.75, 3.05) is 33.2 Å². The highest BCUT2D eigenvalue weighted by Crippen LogP contribution is 2.34. The summed E-state index contributed by atoms with van der Waals surface area (Å²) in [5.41, 5.74) is 1.21. The van der Waals surface area contributed by atoms with Crippen molar-refractivity contribution >= 4 is 40.6 Å². The van der Waals surface area contributed by atoms with Crippen LogP contribution in [0.25, 0.3) is 6.08 Å². The van der Waals surface area contributed by atoms with Crippen LogP contribution in [-0.2, 0) is 9.59 Å². The molecule has 0 saturated carbocycles. The van der Waals surface area contributed by atoms with Gasteiger partial charge in [-0.25, -0.2) is 0 Å². The second kappa shape index (κ2) is 9.36. The van der Waals surface area contributed by atoms with Gasteiger partial charge in [-0.2, -0.15) is 0 Å². The average molecular weight is 428 g/mol. The molecular weight excluding hydrogens is 408 g/mol. The van der Waals surface area contributed by atoms with E-state index in [4.69, 9.17) is 14.2 Å². The van der Waals surface area contributed by atoms with Crippen molar-refractivity contribution in [3.63, 3.8) is 0 Å². The quantitative estimate of drug-likeness (QED) is 0.676. The maximum atomic E-state index is 12.2. The van der Waals surface area contributed by atoms with Crippen LogP contribution in [0.3, 0.4) is 0 Å². The third-order valence-electron chi connectivity index (χ3n) is 4.21. The summed E-state index contributed by atoms with van der Waals surface area (Å²) in [6, 6.07) is 12.1. The molecule has 0 unspecified atom stereocenters. The van der Waals surface area contributed by atoms with Crippen LogP contribution >= 0.6 is 11.8 Å². The number of para-hydroxylation sites is 2. The van der Waals surface area contributed by atoms with E-state index in [-0.39, 0.29) is 23.7 Å². The Morgan fingerprint density at radius 1 is 1.07 bits per heavy atom. The number of likely N-dealkylation sites (N-methyl/N-ethyl adjacent to an activating group) is 1. The van der Waals surface area contributed by atoms with Crippen LogP contribution in [0.2, 0.25) is 0 Å². The summed E-state index contributed by atoms with van der Waals surface area (Å²) in [5, 5.41) is 2.41. The molecule has 3 rings (SSSR count). The highest BCUT2D eigenvalue weighted by molar-refractivity contribution is 8.18. The van der Waals surface area contributed by atoms with E-state index in [1.54, 1.807) is 48.5 Å². The molecule has 0 spiro atoms. The Hall–Kier alpha value is -3.46. The second-order valence-electron chi connectivity index (χ2n) is 6.19. The number of anilines is 1. The number of rotatable bonds is 7. The predicted molar refractivity (Wildman–Crippen MR) is 114 cm³/mol. The first-order valence-electron chi connectivity index (χ1n) is 8.88. The SMILES string of the molecule is COc1ccccc1NC(=O)COc1ccc(/C=C2\SC(=O)N(C)C2=O)cc1OC. The van der Waals surface area contributed by atoms with Crippen molar-refractivity contribution in [2.24, 2.45) is 0 Å². The van der Waals surface area contributed by atoms with Gasteiger partial charge in [-0.3, -0.25) is 19.3 Å². The highest BCUT2D eigenvalue weighted by atomic mass is 32.2. The van der Waals surface area contributed by atoms with Crippen LogP contribution in [-0.4, -0.2) is 49.8 Å². The van der Waals surface area contributed by atoms with Gasteiger partial charge in [0, 0.05) is 7.05 Å². The minimum absolute atomic E-state index is 0.234. The molecule has 9 heteroatoms. The Morgan fingerprint density at radius 2 is 1.80 bits per heavy atom. The molecule has 0 aliphatic carbocycles. The van der Waals surface area contributed by atoms with Gasteiger partial charge in [0.1, 0.15) is 5.75 Å². The first kappa shape index (κ1) is 21.3.